The van der Waals surface area contributed by atoms with Crippen LogP contribution < -0.4 is 16.0 Å². The lowest BCUT2D eigenvalue weighted by molar-refractivity contribution is 0.0395. The molecule has 2 saturated heterocycles. The van der Waals surface area contributed by atoms with Gasteiger partial charge in [0.1, 0.15) is 6.10 Å². The van der Waals surface area contributed by atoms with Crippen LogP contribution in [0.15, 0.2) is 17.5 Å². The average Bonchev–Trinajstić information content (AvgIpc) is 3.18. The third-order valence-corrected chi connectivity index (χ3v) is 5.15. The molecule has 1 amide bonds. The minimum absolute atomic E-state index is 0. The topological polar surface area (TPSA) is 82.6 Å². The van der Waals surface area contributed by atoms with Crippen molar-refractivity contribution in [1.29, 1.82) is 0 Å². The summed E-state index contributed by atoms with van der Waals surface area (Å²) >= 11 is 1.40. The van der Waals surface area contributed by atoms with Gasteiger partial charge in [0.25, 0.3) is 5.91 Å². The quantitative estimate of drug-likeness (QED) is 0.590. The Bertz CT molecular complexity index is 486. The minimum atomic E-state index is -0.585. The molecule has 0 spiro atoms. The van der Waals surface area contributed by atoms with Crippen molar-refractivity contribution < 1.29 is 14.6 Å². The first-order valence-corrected chi connectivity index (χ1v) is 8.70. The fourth-order valence-corrected chi connectivity index (χ4v) is 3.63. The maximum absolute atomic E-state index is 11.9. The predicted octanol–water partition coefficient (Wildman–Crippen LogP) is 0.791. The van der Waals surface area contributed by atoms with Crippen LogP contribution >= 0.6 is 36.2 Å². The molecule has 0 saturated carbocycles. The molecule has 3 atom stereocenters. The lowest BCUT2D eigenvalue weighted by Crippen LogP contribution is -2.50. The lowest BCUT2D eigenvalue weighted by Gasteiger charge is -2.28. The number of nitrogens with one attached hydrogen (secondary N) is 3. The van der Waals surface area contributed by atoms with Gasteiger partial charge >= 0.3 is 0 Å². The smallest absolute Gasteiger partial charge is 0.261 e. The van der Waals surface area contributed by atoms with E-state index < -0.39 is 6.10 Å². The zero-order valence-electron chi connectivity index (χ0n) is 13.3. The fraction of sp³-hybridized carbons (Fsp3) is 0.667. The van der Waals surface area contributed by atoms with Crippen molar-refractivity contribution in [2.45, 2.75) is 37.1 Å². The number of halogens is 2. The number of rotatable bonds is 5. The third kappa shape index (κ3) is 5.56. The summed E-state index contributed by atoms with van der Waals surface area (Å²) in [6, 6.07) is 4.02. The highest BCUT2D eigenvalue weighted by Gasteiger charge is 2.37. The maximum atomic E-state index is 11.9. The molecule has 3 rings (SSSR count). The van der Waals surface area contributed by atoms with Crippen LogP contribution in [0.4, 0.5) is 0 Å². The minimum Gasteiger partial charge on any atom is -0.389 e. The standard InChI is InChI=1S/C15H23N3O3S.2ClH/c19-14-11(18-10-3-5-16-6-4-10)9-21-12(14)8-17-15(20)13-2-1-7-22-13;;/h1-2,7,10-12,14,16,18-19H,3-6,8-9H2,(H,17,20);2*1H/t11-,12-,14+;;/m1../s1. The van der Waals surface area contributed by atoms with E-state index in [0.717, 1.165) is 25.9 Å². The molecule has 0 aromatic carbocycles. The molecule has 3 heterocycles. The zero-order valence-corrected chi connectivity index (χ0v) is 15.7. The molecule has 2 aliphatic heterocycles. The van der Waals surface area contributed by atoms with Crippen LogP contribution in [0.1, 0.15) is 22.5 Å². The molecule has 0 radical (unpaired) electrons. The van der Waals surface area contributed by atoms with Gasteiger partial charge in [0.2, 0.25) is 0 Å². The van der Waals surface area contributed by atoms with E-state index in [0.29, 0.717) is 24.1 Å². The summed E-state index contributed by atoms with van der Waals surface area (Å²) in [4.78, 5) is 12.6. The number of carbonyl (C=O) groups is 1. The summed E-state index contributed by atoms with van der Waals surface area (Å²) < 4.78 is 5.65. The first kappa shape index (κ1) is 21.6. The molecule has 24 heavy (non-hydrogen) atoms. The van der Waals surface area contributed by atoms with Gasteiger partial charge in [-0.3, -0.25) is 4.79 Å². The average molecular weight is 398 g/mol. The van der Waals surface area contributed by atoms with Gasteiger partial charge in [-0.2, -0.15) is 0 Å². The number of thiophene rings is 1. The third-order valence-electron chi connectivity index (χ3n) is 4.28. The van der Waals surface area contributed by atoms with Crippen LogP contribution in [0.3, 0.4) is 0 Å². The number of hydrogen-bond acceptors (Lipinski definition) is 6. The van der Waals surface area contributed by atoms with Gasteiger partial charge in [-0.15, -0.1) is 36.2 Å². The van der Waals surface area contributed by atoms with Crippen LogP contribution in [0.2, 0.25) is 0 Å². The van der Waals surface area contributed by atoms with Crippen molar-refractivity contribution in [3.8, 4) is 0 Å². The number of amides is 1. The van der Waals surface area contributed by atoms with Crippen molar-refractivity contribution in [1.82, 2.24) is 16.0 Å². The molecule has 138 valence electrons. The van der Waals surface area contributed by atoms with Crippen LogP contribution in [0.5, 0.6) is 0 Å². The SMILES string of the molecule is Cl.Cl.O=C(NC[C@H]1OC[C@@H](NC2CCNCC2)[C@@H]1O)c1cccs1. The maximum Gasteiger partial charge on any atom is 0.261 e. The van der Waals surface area contributed by atoms with Gasteiger partial charge in [-0.25, -0.2) is 0 Å². The first-order valence-electron chi connectivity index (χ1n) is 7.82. The summed E-state index contributed by atoms with van der Waals surface area (Å²) in [6.45, 7) is 2.86. The molecule has 0 unspecified atom stereocenters. The summed E-state index contributed by atoms with van der Waals surface area (Å²) in [5.74, 6) is -0.111. The summed E-state index contributed by atoms with van der Waals surface area (Å²) in [7, 11) is 0. The largest absolute Gasteiger partial charge is 0.389 e. The van der Waals surface area contributed by atoms with E-state index in [1.807, 2.05) is 11.4 Å². The van der Waals surface area contributed by atoms with Gasteiger partial charge in [0, 0.05) is 12.6 Å². The Morgan fingerprint density at radius 1 is 1.38 bits per heavy atom. The number of ether oxygens (including phenoxy) is 1. The van der Waals surface area contributed by atoms with Gasteiger partial charge in [0.05, 0.1) is 23.6 Å². The molecular weight excluding hydrogens is 373 g/mol. The molecule has 2 aliphatic rings. The fourth-order valence-electron chi connectivity index (χ4n) is 2.99. The molecule has 0 bridgehead atoms. The van der Waals surface area contributed by atoms with Crippen LogP contribution in [-0.2, 0) is 4.74 Å². The van der Waals surface area contributed by atoms with Crippen molar-refractivity contribution in [3.05, 3.63) is 22.4 Å². The van der Waals surface area contributed by atoms with E-state index >= 15 is 0 Å². The van der Waals surface area contributed by atoms with Crippen molar-refractivity contribution in [2.24, 2.45) is 0 Å². The normalized spacial score (nSPS) is 27.1. The number of carbonyl (C=O) groups excluding carboxylic acids is 1. The Kier molecular flexibility index (Phi) is 9.51. The molecular formula is C15H25Cl2N3O3S. The van der Waals surface area contributed by atoms with E-state index in [2.05, 4.69) is 16.0 Å². The highest BCUT2D eigenvalue weighted by Crippen LogP contribution is 2.17. The molecule has 1 aromatic rings. The van der Waals surface area contributed by atoms with Crippen LogP contribution in [0.25, 0.3) is 0 Å². The van der Waals surface area contributed by atoms with E-state index in [9.17, 15) is 9.90 Å². The molecule has 0 aliphatic carbocycles. The molecule has 6 nitrogen and oxygen atoms in total. The van der Waals surface area contributed by atoms with Crippen molar-refractivity contribution >= 4 is 42.1 Å². The molecule has 1 aromatic heterocycles. The second-order valence-electron chi connectivity index (χ2n) is 5.85. The monoisotopic (exact) mass is 397 g/mol. The predicted molar refractivity (Wildman–Crippen MR) is 99.7 cm³/mol. The van der Waals surface area contributed by atoms with Crippen molar-refractivity contribution in [2.75, 3.05) is 26.2 Å². The van der Waals surface area contributed by atoms with Gasteiger partial charge < -0.3 is 25.8 Å². The highest BCUT2D eigenvalue weighted by molar-refractivity contribution is 7.12. The Morgan fingerprint density at radius 3 is 2.79 bits per heavy atom. The van der Waals surface area contributed by atoms with Gasteiger partial charge in [-0.05, 0) is 37.4 Å². The second-order valence-corrected chi connectivity index (χ2v) is 6.79. The van der Waals surface area contributed by atoms with E-state index in [1.165, 1.54) is 11.3 Å². The lowest BCUT2D eigenvalue weighted by atomic mass is 10.0. The number of aliphatic hydroxyl groups excluding tert-OH is 1. The Hall–Kier alpha value is -0.410. The second kappa shape index (κ2) is 10.6. The van der Waals surface area contributed by atoms with E-state index in [1.54, 1.807) is 6.07 Å². The summed E-state index contributed by atoms with van der Waals surface area (Å²) in [5, 5.41) is 21.9. The Labute approximate surface area is 158 Å². The molecule has 4 N–H and O–H groups in total. The van der Waals surface area contributed by atoms with Crippen molar-refractivity contribution in [3.63, 3.8) is 0 Å². The van der Waals surface area contributed by atoms with Crippen LogP contribution in [0, 0.1) is 0 Å². The number of aliphatic hydroxyl groups is 1. The van der Waals surface area contributed by atoms with Gasteiger partial charge in [-0.1, -0.05) is 6.07 Å². The highest BCUT2D eigenvalue weighted by atomic mass is 35.5. The molecule has 2 fully saturated rings. The number of piperidine rings is 1. The van der Waals surface area contributed by atoms with E-state index in [-0.39, 0.29) is 42.9 Å². The Balaban J connectivity index is 0.00000144. The number of hydrogen-bond donors (Lipinski definition) is 4. The summed E-state index contributed by atoms with van der Waals surface area (Å²) in [5.41, 5.74) is 0. The molecule has 9 heteroatoms. The van der Waals surface area contributed by atoms with Crippen LogP contribution in [-0.4, -0.2) is 61.5 Å². The van der Waals surface area contributed by atoms with E-state index in [4.69, 9.17) is 4.74 Å². The summed E-state index contributed by atoms with van der Waals surface area (Å²) in [6.07, 6.45) is 1.22. The Morgan fingerprint density at radius 2 is 2.12 bits per heavy atom. The zero-order chi connectivity index (χ0) is 15.4. The first-order chi connectivity index (χ1) is 10.7. The van der Waals surface area contributed by atoms with Gasteiger partial charge in [0.15, 0.2) is 0 Å².